The van der Waals surface area contributed by atoms with Crippen LogP contribution < -0.4 is 0 Å². The summed E-state index contributed by atoms with van der Waals surface area (Å²) >= 11 is 1.36. The minimum Gasteiger partial charge on any atom is -0.456 e. The lowest BCUT2D eigenvalue weighted by Gasteiger charge is -2.32. The molecule has 0 N–H and O–H groups in total. The number of para-hydroxylation sites is 1. The summed E-state index contributed by atoms with van der Waals surface area (Å²) in [6.07, 6.45) is 4.88. The van der Waals surface area contributed by atoms with E-state index < -0.39 is 4.92 Å². The molecule has 0 atom stereocenters. The van der Waals surface area contributed by atoms with E-state index in [1.165, 1.54) is 23.4 Å². The first-order chi connectivity index (χ1) is 16.6. The first kappa shape index (κ1) is 22.2. The van der Waals surface area contributed by atoms with Gasteiger partial charge in [0.2, 0.25) is 0 Å². The number of nitro groups is 1. The molecule has 5 rings (SSSR count). The van der Waals surface area contributed by atoms with E-state index in [0.29, 0.717) is 27.9 Å². The van der Waals surface area contributed by atoms with E-state index in [9.17, 15) is 14.9 Å². The molecule has 2 aliphatic rings. The van der Waals surface area contributed by atoms with Crippen LogP contribution in [0.1, 0.15) is 24.2 Å². The molecule has 34 heavy (non-hydrogen) atoms. The van der Waals surface area contributed by atoms with Crippen molar-refractivity contribution in [2.75, 3.05) is 13.1 Å². The maximum Gasteiger partial charge on any atom is 0.286 e. The van der Waals surface area contributed by atoms with Crippen LogP contribution in [0.25, 0.3) is 17.4 Å². The molecular weight excluding hydrogens is 450 g/mol. The Labute approximate surface area is 201 Å². The zero-order valence-corrected chi connectivity index (χ0v) is 19.2. The van der Waals surface area contributed by atoms with Gasteiger partial charge < -0.3 is 9.32 Å². The summed E-state index contributed by atoms with van der Waals surface area (Å²) in [4.78, 5) is 30.3. The minimum atomic E-state index is -0.435. The zero-order valence-electron chi connectivity index (χ0n) is 18.4. The highest BCUT2D eigenvalue weighted by molar-refractivity contribution is 8.18. The number of aliphatic imine (C=N–C) groups is 1. The number of amides is 1. The van der Waals surface area contributed by atoms with Gasteiger partial charge in [0.15, 0.2) is 5.17 Å². The Morgan fingerprint density at radius 1 is 1.06 bits per heavy atom. The van der Waals surface area contributed by atoms with Crippen molar-refractivity contribution in [3.05, 3.63) is 93.1 Å². The molecule has 0 spiro atoms. The Hall–Kier alpha value is -3.65. The lowest BCUT2D eigenvalue weighted by Crippen LogP contribution is -2.37. The van der Waals surface area contributed by atoms with Crippen molar-refractivity contribution in [1.82, 2.24) is 4.90 Å². The van der Waals surface area contributed by atoms with Crippen molar-refractivity contribution in [2.24, 2.45) is 10.9 Å². The van der Waals surface area contributed by atoms with Gasteiger partial charge in [0.25, 0.3) is 11.6 Å². The number of hydrogen-bond donors (Lipinski definition) is 0. The van der Waals surface area contributed by atoms with Crippen molar-refractivity contribution in [2.45, 2.75) is 19.3 Å². The molecule has 0 radical (unpaired) electrons. The number of likely N-dealkylation sites (tertiary alicyclic amines) is 1. The van der Waals surface area contributed by atoms with Crippen LogP contribution in [0.4, 0.5) is 5.69 Å². The van der Waals surface area contributed by atoms with E-state index in [2.05, 4.69) is 34.2 Å². The van der Waals surface area contributed by atoms with Crippen LogP contribution in [0.5, 0.6) is 0 Å². The molecule has 0 aliphatic carbocycles. The third kappa shape index (κ3) is 4.82. The predicted molar refractivity (Wildman–Crippen MR) is 133 cm³/mol. The maximum atomic E-state index is 12.5. The molecule has 1 saturated heterocycles. The van der Waals surface area contributed by atoms with Gasteiger partial charge in [-0.05, 0) is 60.7 Å². The van der Waals surface area contributed by atoms with Gasteiger partial charge in [0.05, 0.1) is 15.4 Å². The number of piperidine rings is 1. The molecule has 3 aromatic rings. The predicted octanol–water partition coefficient (Wildman–Crippen LogP) is 5.78. The second-order valence-electron chi connectivity index (χ2n) is 8.41. The fourth-order valence-corrected chi connectivity index (χ4v) is 5.30. The molecule has 0 saturated carbocycles. The van der Waals surface area contributed by atoms with Crippen LogP contribution in [-0.4, -0.2) is 34.0 Å². The average molecular weight is 474 g/mol. The molecule has 7 nitrogen and oxygen atoms in total. The summed E-state index contributed by atoms with van der Waals surface area (Å²) in [5.74, 6) is 1.20. The number of rotatable bonds is 5. The second kappa shape index (κ2) is 9.69. The number of thioether (sulfide) groups is 1. The van der Waals surface area contributed by atoms with E-state index >= 15 is 0 Å². The number of nitro benzene ring substituents is 1. The summed E-state index contributed by atoms with van der Waals surface area (Å²) in [6, 6.07) is 20.4. The Morgan fingerprint density at radius 2 is 1.79 bits per heavy atom. The summed E-state index contributed by atoms with van der Waals surface area (Å²) in [5.41, 5.74) is 1.74. The monoisotopic (exact) mass is 473 g/mol. The van der Waals surface area contributed by atoms with Crippen molar-refractivity contribution < 1.29 is 14.1 Å². The Bertz CT molecular complexity index is 1270. The topological polar surface area (TPSA) is 89.0 Å². The molecule has 2 aliphatic heterocycles. The standard InChI is InChI=1S/C26H23N3O4S/c30-25-24(17-20-10-11-23(33-20)21-8-4-5-9-22(21)29(31)32)34-26(27-25)28-14-12-19(13-15-28)16-18-6-2-1-3-7-18/h1-11,17,19H,12-16H2/b24-17+. The van der Waals surface area contributed by atoms with Gasteiger partial charge in [0.1, 0.15) is 11.5 Å². The summed E-state index contributed by atoms with van der Waals surface area (Å²) < 4.78 is 5.81. The molecule has 0 bridgehead atoms. The highest BCUT2D eigenvalue weighted by Crippen LogP contribution is 2.35. The number of carbonyl (C=O) groups excluding carboxylic acids is 1. The Morgan fingerprint density at radius 3 is 2.56 bits per heavy atom. The quantitative estimate of drug-likeness (QED) is 0.265. The van der Waals surface area contributed by atoms with Crippen LogP contribution in [0.2, 0.25) is 0 Å². The molecule has 1 fully saturated rings. The third-order valence-electron chi connectivity index (χ3n) is 6.13. The van der Waals surface area contributed by atoms with Crippen molar-refractivity contribution in [3.63, 3.8) is 0 Å². The molecule has 8 heteroatoms. The van der Waals surface area contributed by atoms with Crippen LogP contribution in [0.15, 0.2) is 81.0 Å². The molecule has 172 valence electrons. The van der Waals surface area contributed by atoms with Crippen LogP contribution in [0.3, 0.4) is 0 Å². The number of hydrogen-bond acceptors (Lipinski definition) is 6. The molecule has 1 aromatic heterocycles. The lowest BCUT2D eigenvalue weighted by molar-refractivity contribution is -0.384. The average Bonchev–Trinajstić information content (AvgIpc) is 3.47. The van der Waals surface area contributed by atoms with Gasteiger partial charge in [-0.25, -0.2) is 0 Å². The Kier molecular flexibility index (Phi) is 6.31. The van der Waals surface area contributed by atoms with Crippen molar-refractivity contribution in [1.29, 1.82) is 0 Å². The summed E-state index contributed by atoms with van der Waals surface area (Å²) in [6.45, 7) is 1.76. The van der Waals surface area contributed by atoms with Gasteiger partial charge in [-0.2, -0.15) is 4.99 Å². The van der Waals surface area contributed by atoms with Crippen molar-refractivity contribution >= 4 is 34.6 Å². The van der Waals surface area contributed by atoms with Gasteiger partial charge in [-0.1, -0.05) is 42.5 Å². The largest absolute Gasteiger partial charge is 0.456 e. The van der Waals surface area contributed by atoms with E-state index in [0.717, 1.165) is 37.5 Å². The first-order valence-electron chi connectivity index (χ1n) is 11.2. The molecular formula is C26H23N3O4S. The smallest absolute Gasteiger partial charge is 0.286 e. The number of nitrogens with zero attached hydrogens (tertiary/aromatic N) is 3. The Balaban J connectivity index is 1.22. The van der Waals surface area contributed by atoms with Crippen LogP contribution >= 0.6 is 11.8 Å². The first-order valence-corrected chi connectivity index (χ1v) is 12.0. The van der Waals surface area contributed by atoms with E-state index in [-0.39, 0.29) is 11.6 Å². The lowest BCUT2D eigenvalue weighted by atomic mass is 9.90. The minimum absolute atomic E-state index is 0.0244. The number of amidine groups is 1. The van der Waals surface area contributed by atoms with E-state index in [4.69, 9.17) is 4.42 Å². The summed E-state index contributed by atoms with van der Waals surface area (Å²) in [5, 5.41) is 12.0. The fraction of sp³-hybridized carbons (Fsp3) is 0.231. The normalized spacial score (nSPS) is 17.9. The van der Waals surface area contributed by atoms with E-state index in [1.54, 1.807) is 36.4 Å². The summed E-state index contributed by atoms with van der Waals surface area (Å²) in [7, 11) is 0. The number of furan rings is 1. The third-order valence-corrected chi connectivity index (χ3v) is 7.17. The van der Waals surface area contributed by atoms with Crippen molar-refractivity contribution in [3.8, 4) is 11.3 Å². The van der Waals surface area contributed by atoms with E-state index in [1.807, 2.05) is 6.07 Å². The van der Waals surface area contributed by atoms with Gasteiger partial charge in [0, 0.05) is 25.2 Å². The molecule has 1 amide bonds. The maximum absolute atomic E-state index is 12.5. The second-order valence-corrected chi connectivity index (χ2v) is 9.42. The fourth-order valence-electron chi connectivity index (χ4n) is 4.35. The zero-order chi connectivity index (χ0) is 23.5. The number of benzene rings is 2. The molecule has 0 unspecified atom stereocenters. The highest BCUT2D eigenvalue weighted by Gasteiger charge is 2.29. The molecule has 3 heterocycles. The van der Waals surface area contributed by atoms with Gasteiger partial charge in [-0.3, -0.25) is 14.9 Å². The van der Waals surface area contributed by atoms with Crippen LogP contribution in [0, 0.1) is 16.0 Å². The number of carbonyl (C=O) groups is 1. The van der Waals surface area contributed by atoms with Gasteiger partial charge in [-0.15, -0.1) is 0 Å². The van der Waals surface area contributed by atoms with Gasteiger partial charge >= 0.3 is 0 Å². The SMILES string of the molecule is O=C1N=C(N2CCC(Cc3ccccc3)CC2)S/C1=C/c1ccc(-c2ccccc2[N+](=O)[O-])o1. The molecule has 2 aromatic carbocycles. The highest BCUT2D eigenvalue weighted by atomic mass is 32.2. The van der Waals surface area contributed by atoms with Crippen LogP contribution in [-0.2, 0) is 11.2 Å².